The summed E-state index contributed by atoms with van der Waals surface area (Å²) in [6.45, 7) is 6.87. The van der Waals surface area contributed by atoms with Gasteiger partial charge in [-0.05, 0) is 30.0 Å². The summed E-state index contributed by atoms with van der Waals surface area (Å²) in [5, 5.41) is 0. The molecule has 32 heavy (non-hydrogen) atoms. The van der Waals surface area contributed by atoms with Crippen molar-refractivity contribution in [3.63, 3.8) is 0 Å². The Kier molecular flexibility index (Phi) is 5.70. The van der Waals surface area contributed by atoms with Crippen molar-refractivity contribution in [1.29, 1.82) is 0 Å². The molecule has 0 spiro atoms. The van der Waals surface area contributed by atoms with Gasteiger partial charge in [0.05, 0.1) is 12.2 Å². The first-order valence-corrected chi connectivity index (χ1v) is 11.4. The number of nitrogens with zero attached hydrogens (tertiary/aromatic N) is 2. The van der Waals surface area contributed by atoms with E-state index in [0.717, 1.165) is 59.6 Å². The molecule has 1 amide bonds. The summed E-state index contributed by atoms with van der Waals surface area (Å²) < 4.78 is 11.1. The molecule has 0 N–H and O–H groups in total. The monoisotopic (exact) mass is 432 g/mol. The Balaban J connectivity index is 1.25. The van der Waals surface area contributed by atoms with E-state index in [4.69, 9.17) is 9.47 Å². The van der Waals surface area contributed by atoms with Gasteiger partial charge in [0.2, 0.25) is 0 Å². The zero-order valence-corrected chi connectivity index (χ0v) is 18.4. The number of hydrogen-bond acceptors (Lipinski definition) is 5. The Morgan fingerprint density at radius 3 is 2.66 bits per heavy atom. The van der Waals surface area contributed by atoms with Crippen LogP contribution in [0.5, 0.6) is 0 Å². The van der Waals surface area contributed by atoms with Gasteiger partial charge in [0.1, 0.15) is 12.4 Å². The number of hydrogen-bond donors (Lipinski definition) is 0. The molecule has 6 nitrogen and oxygen atoms in total. The fourth-order valence-corrected chi connectivity index (χ4v) is 4.81. The van der Waals surface area contributed by atoms with Crippen LogP contribution in [0.1, 0.15) is 34.7 Å². The molecule has 0 bridgehead atoms. The fourth-order valence-electron chi connectivity index (χ4n) is 4.81. The van der Waals surface area contributed by atoms with Crippen molar-refractivity contribution in [2.45, 2.75) is 26.4 Å². The lowest BCUT2D eigenvalue weighted by atomic mass is 9.98. The zero-order valence-electron chi connectivity index (χ0n) is 18.4. The lowest BCUT2D eigenvalue weighted by Gasteiger charge is -2.34. The van der Waals surface area contributed by atoms with Gasteiger partial charge in [0.15, 0.2) is 5.78 Å². The van der Waals surface area contributed by atoms with E-state index in [-0.39, 0.29) is 11.9 Å². The predicted octanol–water partition coefficient (Wildman–Crippen LogP) is 3.53. The summed E-state index contributed by atoms with van der Waals surface area (Å²) in [6.07, 6.45) is 1.19. The highest BCUT2D eigenvalue weighted by Crippen LogP contribution is 2.40. The molecule has 166 valence electrons. The molecule has 5 rings (SSSR count). The third-order valence-corrected chi connectivity index (χ3v) is 6.54. The number of ether oxygens (including phenoxy) is 2. The minimum atomic E-state index is -0.209. The number of ketones is 1. The molecule has 0 radical (unpaired) electrons. The van der Waals surface area contributed by atoms with E-state index in [0.29, 0.717) is 32.7 Å². The lowest BCUT2D eigenvalue weighted by Crippen LogP contribution is -2.49. The molecule has 3 aliphatic rings. The van der Waals surface area contributed by atoms with E-state index >= 15 is 0 Å². The fraction of sp³-hybridized carbons (Fsp3) is 0.385. The van der Waals surface area contributed by atoms with Gasteiger partial charge in [-0.25, -0.2) is 4.79 Å². The lowest BCUT2D eigenvalue weighted by molar-refractivity contribution is -0.112. The molecule has 6 heteroatoms. The molecular formula is C26H28N2O4. The Hall–Kier alpha value is -3.12. The average Bonchev–Trinajstić information content (AvgIpc) is 3.37. The Morgan fingerprint density at radius 2 is 1.84 bits per heavy atom. The first-order chi connectivity index (χ1) is 15.6. The van der Waals surface area contributed by atoms with Crippen molar-refractivity contribution < 1.29 is 19.1 Å². The first kappa shape index (κ1) is 20.8. The number of rotatable bonds is 4. The highest BCUT2D eigenvalue weighted by atomic mass is 16.6. The van der Waals surface area contributed by atoms with E-state index in [2.05, 4.69) is 23.1 Å². The second kappa shape index (κ2) is 8.79. The number of allylic oxidation sites excluding steroid dienone is 1. The van der Waals surface area contributed by atoms with Crippen LogP contribution in [0.25, 0.3) is 11.3 Å². The summed E-state index contributed by atoms with van der Waals surface area (Å²) in [4.78, 5) is 28.7. The Labute approximate surface area is 188 Å². The number of fused-ring (bicyclic) bond motifs is 2. The molecule has 1 fully saturated rings. The van der Waals surface area contributed by atoms with Crippen LogP contribution in [-0.4, -0.2) is 61.0 Å². The zero-order chi connectivity index (χ0) is 22.1. The smallest absolute Gasteiger partial charge is 0.409 e. The Morgan fingerprint density at radius 1 is 1.03 bits per heavy atom. The third-order valence-electron chi connectivity index (χ3n) is 6.54. The van der Waals surface area contributed by atoms with Crippen LogP contribution in [0.3, 0.4) is 0 Å². The largest absolute Gasteiger partial charge is 0.487 e. The number of benzene rings is 2. The summed E-state index contributed by atoms with van der Waals surface area (Å²) >= 11 is 0. The maximum atomic E-state index is 12.7. The van der Waals surface area contributed by atoms with Gasteiger partial charge in [0, 0.05) is 50.3 Å². The standard InChI is InChI=1S/C26H28N2O4/c1-2-31-26(30)28-13-11-27(12-14-28)10-9-18-7-8-22-20(15-18)17-32-25(22)24-21-6-4-3-5-19(21)16-23(24)29/h3-8,15H,2,9-14,16-17H2,1H3/b25-24+. The van der Waals surface area contributed by atoms with Crippen molar-refractivity contribution in [2.24, 2.45) is 0 Å². The minimum Gasteiger partial charge on any atom is -0.487 e. The van der Waals surface area contributed by atoms with Crippen molar-refractivity contribution in [2.75, 3.05) is 39.3 Å². The van der Waals surface area contributed by atoms with Gasteiger partial charge >= 0.3 is 6.09 Å². The molecule has 0 aromatic heterocycles. The average molecular weight is 433 g/mol. The summed E-state index contributed by atoms with van der Waals surface area (Å²) in [5.41, 5.74) is 6.27. The molecule has 0 saturated carbocycles. The highest BCUT2D eigenvalue weighted by molar-refractivity contribution is 6.31. The maximum absolute atomic E-state index is 12.7. The predicted molar refractivity (Wildman–Crippen MR) is 122 cm³/mol. The summed E-state index contributed by atoms with van der Waals surface area (Å²) in [7, 11) is 0. The highest BCUT2D eigenvalue weighted by Gasteiger charge is 2.32. The van der Waals surface area contributed by atoms with Gasteiger partial charge in [-0.15, -0.1) is 0 Å². The molecular weight excluding hydrogens is 404 g/mol. The van der Waals surface area contributed by atoms with Gasteiger partial charge in [-0.1, -0.05) is 42.5 Å². The van der Waals surface area contributed by atoms with Crippen LogP contribution in [0.2, 0.25) is 0 Å². The summed E-state index contributed by atoms with van der Waals surface area (Å²) in [6, 6.07) is 14.5. The molecule has 1 saturated heterocycles. The van der Waals surface area contributed by atoms with Crippen LogP contribution in [0.15, 0.2) is 42.5 Å². The van der Waals surface area contributed by atoms with E-state index < -0.39 is 0 Å². The van der Waals surface area contributed by atoms with Crippen molar-refractivity contribution in [3.8, 4) is 0 Å². The molecule has 2 heterocycles. The molecule has 1 aliphatic carbocycles. The van der Waals surface area contributed by atoms with E-state index in [1.54, 1.807) is 4.90 Å². The van der Waals surface area contributed by atoms with Crippen LogP contribution < -0.4 is 0 Å². The SMILES string of the molecule is CCOC(=O)N1CCN(CCc2ccc3c(c2)CO/C3=C2/C(=O)Cc3ccccc32)CC1. The third kappa shape index (κ3) is 3.91. The quantitative estimate of drug-likeness (QED) is 0.692. The van der Waals surface area contributed by atoms with Gasteiger partial charge in [-0.2, -0.15) is 0 Å². The molecule has 0 atom stereocenters. The molecule has 2 aliphatic heterocycles. The second-order valence-electron chi connectivity index (χ2n) is 8.52. The number of amides is 1. The topological polar surface area (TPSA) is 59.1 Å². The molecule has 0 unspecified atom stereocenters. The van der Waals surface area contributed by atoms with Crippen LogP contribution >= 0.6 is 0 Å². The number of piperazine rings is 1. The molecule has 2 aromatic carbocycles. The van der Waals surface area contributed by atoms with Crippen LogP contribution in [0, 0.1) is 0 Å². The maximum Gasteiger partial charge on any atom is 0.409 e. The van der Waals surface area contributed by atoms with Gasteiger partial charge in [-0.3, -0.25) is 9.69 Å². The Bertz CT molecular complexity index is 1080. The van der Waals surface area contributed by atoms with E-state index in [9.17, 15) is 9.59 Å². The van der Waals surface area contributed by atoms with E-state index in [1.807, 2.05) is 31.2 Å². The van der Waals surface area contributed by atoms with Crippen molar-refractivity contribution in [1.82, 2.24) is 9.80 Å². The minimum absolute atomic E-state index is 0.139. The van der Waals surface area contributed by atoms with Crippen molar-refractivity contribution in [3.05, 3.63) is 70.3 Å². The number of Topliss-reactive ketones (excluding diaryl/α,β-unsaturated/α-hetero) is 1. The number of carbonyl (C=O) groups is 2. The van der Waals surface area contributed by atoms with Gasteiger partial charge < -0.3 is 14.4 Å². The first-order valence-electron chi connectivity index (χ1n) is 11.4. The van der Waals surface area contributed by atoms with Gasteiger partial charge in [0.25, 0.3) is 0 Å². The summed E-state index contributed by atoms with van der Waals surface area (Å²) in [5.74, 6) is 0.872. The second-order valence-corrected chi connectivity index (χ2v) is 8.52. The van der Waals surface area contributed by atoms with Crippen molar-refractivity contribution >= 4 is 23.2 Å². The van der Waals surface area contributed by atoms with E-state index in [1.165, 1.54) is 5.56 Å². The number of carbonyl (C=O) groups excluding carboxylic acids is 2. The normalized spacial score (nSPS) is 20.2. The molecule has 2 aromatic rings. The van der Waals surface area contributed by atoms with Crippen LogP contribution in [0.4, 0.5) is 4.79 Å². The van der Waals surface area contributed by atoms with Crippen LogP contribution in [-0.2, 0) is 33.7 Å².